The molecule has 0 saturated carbocycles. The monoisotopic (exact) mass is 413 g/mol. The Kier molecular flexibility index (Phi) is 8.68. The SMILES string of the molecule is CCCCOc1ccc(C(=O)NCC(=O)Nc2cc(NC(C)=O)ccc2OC)cc1. The topological polar surface area (TPSA) is 106 Å². The molecule has 30 heavy (non-hydrogen) atoms. The molecule has 2 aromatic rings. The number of amides is 3. The molecule has 3 amide bonds. The Hall–Kier alpha value is -3.55. The van der Waals surface area contributed by atoms with E-state index in [0.29, 0.717) is 35.0 Å². The van der Waals surface area contributed by atoms with Crippen LogP contribution in [0.2, 0.25) is 0 Å². The Morgan fingerprint density at radius 2 is 1.73 bits per heavy atom. The molecule has 0 atom stereocenters. The van der Waals surface area contributed by atoms with E-state index in [1.54, 1.807) is 42.5 Å². The van der Waals surface area contributed by atoms with E-state index in [2.05, 4.69) is 22.9 Å². The molecule has 0 bridgehead atoms. The second-order valence-electron chi connectivity index (χ2n) is 6.55. The van der Waals surface area contributed by atoms with Crippen LogP contribution < -0.4 is 25.4 Å². The number of hydrogen-bond acceptors (Lipinski definition) is 5. The van der Waals surface area contributed by atoms with Gasteiger partial charge < -0.3 is 25.4 Å². The van der Waals surface area contributed by atoms with E-state index in [1.165, 1.54) is 14.0 Å². The van der Waals surface area contributed by atoms with Gasteiger partial charge in [-0.25, -0.2) is 0 Å². The summed E-state index contributed by atoms with van der Waals surface area (Å²) in [4.78, 5) is 35.7. The van der Waals surface area contributed by atoms with Crippen molar-refractivity contribution >= 4 is 29.1 Å². The summed E-state index contributed by atoms with van der Waals surface area (Å²) >= 11 is 0. The third-order valence-electron chi connectivity index (χ3n) is 4.09. The van der Waals surface area contributed by atoms with Crippen LogP contribution in [0, 0.1) is 0 Å². The standard InChI is InChI=1S/C22H27N3O5/c1-4-5-12-30-18-9-6-16(7-10-18)22(28)23-14-21(27)25-19-13-17(24-15(2)26)8-11-20(19)29-3/h6-11,13H,4-5,12,14H2,1-3H3,(H,23,28)(H,24,26)(H,25,27). The predicted octanol–water partition coefficient (Wildman–Crippen LogP) is 3.20. The average molecular weight is 413 g/mol. The van der Waals surface area contributed by atoms with Crippen molar-refractivity contribution in [1.82, 2.24) is 5.32 Å². The molecule has 2 rings (SSSR count). The van der Waals surface area contributed by atoms with Gasteiger partial charge in [0.2, 0.25) is 11.8 Å². The van der Waals surface area contributed by atoms with Crippen LogP contribution in [0.3, 0.4) is 0 Å². The maximum absolute atomic E-state index is 12.3. The first-order valence-corrected chi connectivity index (χ1v) is 9.69. The number of hydrogen-bond donors (Lipinski definition) is 3. The van der Waals surface area contributed by atoms with E-state index < -0.39 is 5.91 Å². The Balaban J connectivity index is 1.91. The lowest BCUT2D eigenvalue weighted by molar-refractivity contribution is -0.115. The predicted molar refractivity (Wildman–Crippen MR) is 115 cm³/mol. The summed E-state index contributed by atoms with van der Waals surface area (Å²) in [5.74, 6) is 0.100. The van der Waals surface area contributed by atoms with Crippen molar-refractivity contribution in [2.75, 3.05) is 30.9 Å². The molecule has 0 fully saturated rings. The van der Waals surface area contributed by atoms with Gasteiger partial charge in [-0.1, -0.05) is 13.3 Å². The van der Waals surface area contributed by atoms with Gasteiger partial charge >= 0.3 is 0 Å². The van der Waals surface area contributed by atoms with Gasteiger partial charge in [-0.2, -0.15) is 0 Å². The maximum Gasteiger partial charge on any atom is 0.251 e. The van der Waals surface area contributed by atoms with Crippen LogP contribution in [-0.4, -0.2) is 38.0 Å². The Morgan fingerprint density at radius 3 is 2.37 bits per heavy atom. The Bertz CT molecular complexity index is 881. The van der Waals surface area contributed by atoms with Crippen molar-refractivity contribution in [3.05, 3.63) is 48.0 Å². The number of carbonyl (C=O) groups is 3. The van der Waals surface area contributed by atoms with E-state index in [4.69, 9.17) is 9.47 Å². The number of ether oxygens (including phenoxy) is 2. The minimum atomic E-state index is -0.429. The van der Waals surface area contributed by atoms with Gasteiger partial charge in [0.1, 0.15) is 11.5 Å². The second-order valence-corrected chi connectivity index (χ2v) is 6.55. The first-order valence-electron chi connectivity index (χ1n) is 9.69. The van der Waals surface area contributed by atoms with Gasteiger partial charge in [0, 0.05) is 18.2 Å². The molecule has 8 heteroatoms. The summed E-state index contributed by atoms with van der Waals surface area (Å²) in [5, 5.41) is 7.88. The van der Waals surface area contributed by atoms with Crippen molar-refractivity contribution in [3.63, 3.8) is 0 Å². The summed E-state index contributed by atoms with van der Waals surface area (Å²) in [7, 11) is 1.47. The second kappa shape index (κ2) is 11.5. The van der Waals surface area contributed by atoms with Gasteiger partial charge in [-0.3, -0.25) is 14.4 Å². The maximum atomic E-state index is 12.3. The van der Waals surface area contributed by atoms with E-state index in [-0.39, 0.29) is 18.4 Å². The molecule has 160 valence electrons. The molecule has 0 heterocycles. The smallest absolute Gasteiger partial charge is 0.251 e. The van der Waals surface area contributed by atoms with Gasteiger partial charge in [0.05, 0.1) is 25.9 Å². The van der Waals surface area contributed by atoms with Crippen LogP contribution in [-0.2, 0) is 9.59 Å². The summed E-state index contributed by atoms with van der Waals surface area (Å²) in [6.07, 6.45) is 2.02. The van der Waals surface area contributed by atoms with E-state index in [9.17, 15) is 14.4 Å². The number of anilines is 2. The molecule has 0 aliphatic carbocycles. The summed E-state index contributed by atoms with van der Waals surface area (Å²) in [5.41, 5.74) is 1.33. The van der Waals surface area contributed by atoms with Crippen LogP contribution in [0.1, 0.15) is 37.0 Å². The minimum absolute atomic E-state index is 0.221. The van der Waals surface area contributed by atoms with Crippen LogP contribution in [0.15, 0.2) is 42.5 Å². The zero-order valence-electron chi connectivity index (χ0n) is 17.4. The van der Waals surface area contributed by atoms with E-state index in [0.717, 1.165) is 12.8 Å². The van der Waals surface area contributed by atoms with Gasteiger partial charge in [0.15, 0.2) is 0 Å². The quantitative estimate of drug-likeness (QED) is 0.519. The van der Waals surface area contributed by atoms with Crippen molar-refractivity contribution in [2.24, 2.45) is 0 Å². The van der Waals surface area contributed by atoms with E-state index >= 15 is 0 Å². The highest BCUT2D eigenvalue weighted by Gasteiger charge is 2.12. The first-order chi connectivity index (χ1) is 14.4. The molecule has 3 N–H and O–H groups in total. The van der Waals surface area contributed by atoms with Crippen LogP contribution in [0.25, 0.3) is 0 Å². The number of carbonyl (C=O) groups excluding carboxylic acids is 3. The third-order valence-corrected chi connectivity index (χ3v) is 4.09. The fourth-order valence-electron chi connectivity index (χ4n) is 2.58. The number of methoxy groups -OCH3 is 1. The normalized spacial score (nSPS) is 10.1. The molecule has 0 spiro atoms. The summed E-state index contributed by atoms with van der Waals surface area (Å²) < 4.78 is 10.8. The molecular formula is C22H27N3O5. The van der Waals surface area contributed by atoms with Crippen LogP contribution >= 0.6 is 0 Å². The summed E-state index contributed by atoms with van der Waals surface area (Å²) in [6.45, 7) is 3.89. The van der Waals surface area contributed by atoms with Crippen LogP contribution in [0.4, 0.5) is 11.4 Å². The molecule has 0 aromatic heterocycles. The lowest BCUT2D eigenvalue weighted by atomic mass is 10.2. The zero-order valence-corrected chi connectivity index (χ0v) is 17.4. The Labute approximate surface area is 175 Å². The highest BCUT2D eigenvalue weighted by atomic mass is 16.5. The van der Waals surface area contributed by atoms with Crippen LogP contribution in [0.5, 0.6) is 11.5 Å². The number of rotatable bonds is 10. The number of nitrogens with one attached hydrogen (secondary N) is 3. The molecule has 0 aliphatic rings. The Morgan fingerprint density at radius 1 is 1.00 bits per heavy atom. The molecule has 0 aliphatic heterocycles. The van der Waals surface area contributed by atoms with Crippen molar-refractivity contribution in [1.29, 1.82) is 0 Å². The molecule has 8 nitrogen and oxygen atoms in total. The lowest BCUT2D eigenvalue weighted by Crippen LogP contribution is -2.32. The average Bonchev–Trinajstić information content (AvgIpc) is 2.72. The zero-order chi connectivity index (χ0) is 21.9. The highest BCUT2D eigenvalue weighted by molar-refractivity contribution is 6.00. The number of unbranched alkanes of at least 4 members (excludes halogenated alkanes) is 1. The van der Waals surface area contributed by atoms with Gasteiger partial charge in [-0.05, 0) is 48.9 Å². The first kappa shape index (κ1) is 22.7. The lowest BCUT2D eigenvalue weighted by Gasteiger charge is -2.13. The number of benzene rings is 2. The molecule has 2 aromatic carbocycles. The fourth-order valence-corrected chi connectivity index (χ4v) is 2.58. The fraction of sp³-hybridized carbons (Fsp3) is 0.318. The van der Waals surface area contributed by atoms with Crippen molar-refractivity contribution in [2.45, 2.75) is 26.7 Å². The van der Waals surface area contributed by atoms with Crippen molar-refractivity contribution < 1.29 is 23.9 Å². The molecule has 0 radical (unpaired) electrons. The molecule has 0 unspecified atom stereocenters. The van der Waals surface area contributed by atoms with Gasteiger partial charge in [-0.15, -0.1) is 0 Å². The molecule has 0 saturated heterocycles. The summed E-state index contributed by atoms with van der Waals surface area (Å²) in [6, 6.07) is 11.6. The molecular weight excluding hydrogens is 386 g/mol. The minimum Gasteiger partial charge on any atom is -0.495 e. The highest BCUT2D eigenvalue weighted by Crippen LogP contribution is 2.27. The van der Waals surface area contributed by atoms with Crippen molar-refractivity contribution in [3.8, 4) is 11.5 Å². The third kappa shape index (κ3) is 7.12. The van der Waals surface area contributed by atoms with E-state index in [1.807, 2.05) is 0 Å². The van der Waals surface area contributed by atoms with Gasteiger partial charge in [0.25, 0.3) is 5.91 Å². The largest absolute Gasteiger partial charge is 0.495 e.